The molecule has 1 aliphatic heterocycles. The summed E-state index contributed by atoms with van der Waals surface area (Å²) in [5, 5.41) is 12.3. The van der Waals surface area contributed by atoms with Gasteiger partial charge in [0.1, 0.15) is 0 Å². The maximum absolute atomic E-state index is 11.3. The molecule has 1 aliphatic rings. The van der Waals surface area contributed by atoms with Gasteiger partial charge in [0.25, 0.3) is 5.91 Å². The minimum atomic E-state index is -1.21. The fourth-order valence-corrected chi connectivity index (χ4v) is 1.61. The number of aliphatic hydroxyl groups is 1. The fraction of sp³-hybridized carbons (Fsp3) is 0.300. The third kappa shape index (κ3) is 1.12. The van der Waals surface area contributed by atoms with E-state index >= 15 is 0 Å². The van der Waals surface area contributed by atoms with Crippen molar-refractivity contribution in [2.45, 2.75) is 19.6 Å². The summed E-state index contributed by atoms with van der Waals surface area (Å²) in [5.74, 6) is -0.208. The van der Waals surface area contributed by atoms with Crippen molar-refractivity contribution in [1.82, 2.24) is 5.32 Å². The Kier molecular flexibility index (Phi) is 1.48. The summed E-state index contributed by atoms with van der Waals surface area (Å²) < 4.78 is 0. The molecule has 13 heavy (non-hydrogen) atoms. The van der Waals surface area contributed by atoms with Crippen LogP contribution in [-0.4, -0.2) is 11.0 Å². The van der Waals surface area contributed by atoms with Gasteiger partial charge in [-0.05, 0) is 19.9 Å². The molecule has 0 radical (unpaired) electrons. The molecule has 68 valence electrons. The monoisotopic (exact) mass is 177 g/mol. The molecule has 0 bridgehead atoms. The zero-order valence-corrected chi connectivity index (χ0v) is 7.59. The molecule has 0 aromatic heterocycles. The van der Waals surface area contributed by atoms with Gasteiger partial charge in [-0.1, -0.05) is 17.7 Å². The molecule has 3 heteroatoms. The van der Waals surface area contributed by atoms with E-state index in [2.05, 4.69) is 5.32 Å². The molecule has 1 heterocycles. The van der Waals surface area contributed by atoms with Gasteiger partial charge >= 0.3 is 0 Å². The lowest BCUT2D eigenvalue weighted by molar-refractivity contribution is 0.0301. The number of hydrogen-bond acceptors (Lipinski definition) is 2. The summed E-state index contributed by atoms with van der Waals surface area (Å²) >= 11 is 0. The average molecular weight is 177 g/mol. The van der Waals surface area contributed by atoms with Crippen molar-refractivity contribution in [3.63, 3.8) is 0 Å². The smallest absolute Gasteiger partial charge is 0.254 e. The predicted molar refractivity (Wildman–Crippen MR) is 48.2 cm³/mol. The van der Waals surface area contributed by atoms with Gasteiger partial charge in [-0.2, -0.15) is 0 Å². The standard InChI is InChI=1S/C10H11NO2/c1-6-3-4-7-8(5-6)10(2,13)11-9(7)12/h3-5,13H,1-2H3,(H,11,12). The Balaban J connectivity index is 2.66. The largest absolute Gasteiger partial charge is 0.367 e. The molecule has 0 saturated carbocycles. The normalized spacial score (nSPS) is 25.6. The fourth-order valence-electron chi connectivity index (χ4n) is 1.61. The molecule has 2 rings (SSSR count). The van der Waals surface area contributed by atoms with Crippen LogP contribution in [0.5, 0.6) is 0 Å². The lowest BCUT2D eigenvalue weighted by Gasteiger charge is -2.17. The maximum Gasteiger partial charge on any atom is 0.254 e. The lowest BCUT2D eigenvalue weighted by Crippen LogP contribution is -2.35. The van der Waals surface area contributed by atoms with E-state index in [0.717, 1.165) is 5.56 Å². The van der Waals surface area contributed by atoms with Crippen molar-refractivity contribution in [2.75, 3.05) is 0 Å². The van der Waals surface area contributed by atoms with Crippen molar-refractivity contribution < 1.29 is 9.90 Å². The van der Waals surface area contributed by atoms with Gasteiger partial charge in [0.15, 0.2) is 5.72 Å². The summed E-state index contributed by atoms with van der Waals surface area (Å²) in [4.78, 5) is 11.3. The number of nitrogens with one attached hydrogen (secondary N) is 1. The van der Waals surface area contributed by atoms with Crippen LogP contribution in [0.3, 0.4) is 0 Å². The minimum absolute atomic E-state index is 0.208. The molecule has 0 aliphatic carbocycles. The second-order valence-corrected chi connectivity index (χ2v) is 3.58. The highest BCUT2D eigenvalue weighted by atomic mass is 16.3. The van der Waals surface area contributed by atoms with Crippen molar-refractivity contribution in [3.8, 4) is 0 Å². The van der Waals surface area contributed by atoms with E-state index in [9.17, 15) is 9.90 Å². The molecule has 3 nitrogen and oxygen atoms in total. The maximum atomic E-state index is 11.3. The topological polar surface area (TPSA) is 49.3 Å². The summed E-state index contributed by atoms with van der Waals surface area (Å²) in [6.07, 6.45) is 0. The van der Waals surface area contributed by atoms with Crippen LogP contribution in [0, 0.1) is 6.92 Å². The minimum Gasteiger partial charge on any atom is -0.367 e. The zero-order valence-electron chi connectivity index (χ0n) is 7.59. The lowest BCUT2D eigenvalue weighted by atomic mass is 10.0. The SMILES string of the molecule is Cc1ccc2c(c1)C(C)(O)NC2=O. The molecule has 1 aromatic rings. The third-order valence-electron chi connectivity index (χ3n) is 2.30. The highest BCUT2D eigenvalue weighted by molar-refractivity contribution is 5.99. The molecule has 1 amide bonds. The van der Waals surface area contributed by atoms with Crippen LogP contribution in [0.25, 0.3) is 0 Å². The van der Waals surface area contributed by atoms with E-state index in [4.69, 9.17) is 0 Å². The molecule has 0 saturated heterocycles. The van der Waals surface area contributed by atoms with Gasteiger partial charge in [-0.3, -0.25) is 4.79 Å². The van der Waals surface area contributed by atoms with E-state index in [1.165, 1.54) is 0 Å². The van der Waals surface area contributed by atoms with Gasteiger partial charge in [0.2, 0.25) is 0 Å². The van der Waals surface area contributed by atoms with Crippen LogP contribution < -0.4 is 5.32 Å². The van der Waals surface area contributed by atoms with E-state index < -0.39 is 5.72 Å². The molecular weight excluding hydrogens is 166 g/mol. The van der Waals surface area contributed by atoms with Crippen molar-refractivity contribution in [1.29, 1.82) is 0 Å². The molecule has 1 aromatic carbocycles. The van der Waals surface area contributed by atoms with Gasteiger partial charge in [0, 0.05) is 11.1 Å². The first-order valence-electron chi connectivity index (χ1n) is 4.17. The first-order chi connectivity index (χ1) is 6.00. The molecular formula is C10H11NO2. The number of aryl methyl sites for hydroxylation is 1. The molecule has 0 spiro atoms. The highest BCUT2D eigenvalue weighted by Crippen LogP contribution is 2.28. The number of benzene rings is 1. The van der Waals surface area contributed by atoms with Crippen molar-refractivity contribution in [2.24, 2.45) is 0 Å². The van der Waals surface area contributed by atoms with Gasteiger partial charge in [-0.15, -0.1) is 0 Å². The number of fused-ring (bicyclic) bond motifs is 1. The van der Waals surface area contributed by atoms with E-state index in [0.29, 0.717) is 11.1 Å². The Bertz CT molecular complexity index is 383. The Morgan fingerprint density at radius 2 is 2.15 bits per heavy atom. The van der Waals surface area contributed by atoms with Crippen LogP contribution in [0.2, 0.25) is 0 Å². The Morgan fingerprint density at radius 3 is 2.85 bits per heavy atom. The van der Waals surface area contributed by atoms with Crippen molar-refractivity contribution >= 4 is 5.91 Å². The average Bonchev–Trinajstić information content (AvgIpc) is 2.23. The molecule has 1 unspecified atom stereocenters. The summed E-state index contributed by atoms with van der Waals surface area (Å²) in [6.45, 7) is 3.51. The van der Waals surface area contributed by atoms with Crippen molar-refractivity contribution in [3.05, 3.63) is 34.9 Å². The zero-order chi connectivity index (χ0) is 9.64. The van der Waals surface area contributed by atoms with Gasteiger partial charge in [-0.25, -0.2) is 0 Å². The Labute approximate surface area is 76.4 Å². The predicted octanol–water partition coefficient (Wildman–Crippen LogP) is 0.903. The van der Waals surface area contributed by atoms with E-state index in [1.807, 2.05) is 19.1 Å². The number of carbonyl (C=O) groups excluding carboxylic acids is 1. The quantitative estimate of drug-likeness (QED) is 0.618. The number of carbonyl (C=O) groups is 1. The van der Waals surface area contributed by atoms with Crippen LogP contribution in [0.1, 0.15) is 28.4 Å². The second-order valence-electron chi connectivity index (χ2n) is 3.58. The first-order valence-corrected chi connectivity index (χ1v) is 4.17. The Morgan fingerprint density at radius 1 is 1.46 bits per heavy atom. The number of hydrogen-bond donors (Lipinski definition) is 2. The van der Waals surface area contributed by atoms with Crippen LogP contribution in [0.15, 0.2) is 18.2 Å². The highest BCUT2D eigenvalue weighted by Gasteiger charge is 2.36. The molecule has 0 fully saturated rings. The van der Waals surface area contributed by atoms with Crippen LogP contribution >= 0.6 is 0 Å². The molecule has 2 N–H and O–H groups in total. The third-order valence-corrected chi connectivity index (χ3v) is 2.30. The second kappa shape index (κ2) is 2.33. The van der Waals surface area contributed by atoms with Crippen LogP contribution in [-0.2, 0) is 5.72 Å². The van der Waals surface area contributed by atoms with Gasteiger partial charge < -0.3 is 10.4 Å². The van der Waals surface area contributed by atoms with E-state index in [1.54, 1.807) is 13.0 Å². The Hall–Kier alpha value is -1.35. The first kappa shape index (κ1) is 8.26. The van der Waals surface area contributed by atoms with Crippen LogP contribution in [0.4, 0.5) is 0 Å². The molecule has 1 atom stereocenters. The summed E-state index contributed by atoms with van der Waals surface area (Å²) in [7, 11) is 0. The number of rotatable bonds is 0. The summed E-state index contributed by atoms with van der Waals surface area (Å²) in [6, 6.07) is 5.43. The van der Waals surface area contributed by atoms with E-state index in [-0.39, 0.29) is 5.91 Å². The summed E-state index contributed by atoms with van der Waals surface area (Å²) in [5.41, 5.74) is 1.06. The number of amides is 1. The van der Waals surface area contributed by atoms with Gasteiger partial charge in [0.05, 0.1) is 0 Å².